The highest BCUT2D eigenvalue weighted by atomic mass is 16.4. The minimum Gasteiger partial charge on any atom is -0.481 e. The van der Waals surface area contributed by atoms with E-state index in [1.165, 1.54) is 6.33 Å². The Balaban J connectivity index is 2.38. The van der Waals surface area contributed by atoms with Crippen molar-refractivity contribution < 1.29 is 14.7 Å². The number of rotatable bonds is 4. The summed E-state index contributed by atoms with van der Waals surface area (Å²) >= 11 is 0. The molecule has 0 saturated heterocycles. The van der Waals surface area contributed by atoms with Crippen molar-refractivity contribution in [2.24, 2.45) is 7.05 Å². The Bertz CT molecular complexity index is 346. The Morgan fingerprint density at radius 3 is 2.86 bits per heavy atom. The molecule has 1 heterocycles. The molecule has 0 saturated carbocycles. The van der Waals surface area contributed by atoms with Gasteiger partial charge in [0.05, 0.1) is 6.54 Å². The van der Waals surface area contributed by atoms with Crippen LogP contribution in [0.3, 0.4) is 0 Å². The zero-order valence-corrected chi connectivity index (χ0v) is 7.60. The lowest BCUT2D eigenvalue weighted by Crippen LogP contribution is -2.26. The second-order valence-corrected chi connectivity index (χ2v) is 2.71. The SMILES string of the molecule is Cn1cnnc1CNC(=O)CC(=O)O. The molecule has 0 radical (unpaired) electrons. The summed E-state index contributed by atoms with van der Waals surface area (Å²) in [6.45, 7) is 0.183. The van der Waals surface area contributed by atoms with Gasteiger partial charge in [-0.3, -0.25) is 9.59 Å². The Morgan fingerprint density at radius 2 is 2.36 bits per heavy atom. The molecule has 7 heteroatoms. The van der Waals surface area contributed by atoms with Gasteiger partial charge in [0, 0.05) is 7.05 Å². The van der Waals surface area contributed by atoms with E-state index in [2.05, 4.69) is 15.5 Å². The average molecular weight is 198 g/mol. The van der Waals surface area contributed by atoms with Gasteiger partial charge in [0.15, 0.2) is 5.82 Å². The smallest absolute Gasteiger partial charge is 0.312 e. The Labute approximate surface area is 79.8 Å². The van der Waals surface area contributed by atoms with Crippen molar-refractivity contribution in [2.45, 2.75) is 13.0 Å². The normalized spacial score (nSPS) is 9.79. The van der Waals surface area contributed by atoms with Crippen LogP contribution in [0.2, 0.25) is 0 Å². The van der Waals surface area contributed by atoms with Crippen LogP contribution in [-0.4, -0.2) is 31.7 Å². The molecule has 1 aromatic rings. The first-order chi connectivity index (χ1) is 6.59. The number of hydrogen-bond donors (Lipinski definition) is 2. The third-order valence-corrected chi connectivity index (χ3v) is 1.56. The molecule has 0 aliphatic carbocycles. The Hall–Kier alpha value is -1.92. The average Bonchev–Trinajstić information content (AvgIpc) is 2.46. The van der Waals surface area contributed by atoms with Crippen LogP contribution in [0.5, 0.6) is 0 Å². The Morgan fingerprint density at radius 1 is 1.64 bits per heavy atom. The molecule has 1 aromatic heterocycles. The molecule has 2 N–H and O–H groups in total. The number of amides is 1. The van der Waals surface area contributed by atoms with Crippen LogP contribution in [-0.2, 0) is 23.2 Å². The maximum absolute atomic E-state index is 10.9. The largest absolute Gasteiger partial charge is 0.481 e. The van der Waals surface area contributed by atoms with Crippen molar-refractivity contribution in [3.05, 3.63) is 12.2 Å². The van der Waals surface area contributed by atoms with Crippen molar-refractivity contribution in [1.82, 2.24) is 20.1 Å². The van der Waals surface area contributed by atoms with Gasteiger partial charge in [0.25, 0.3) is 0 Å². The third kappa shape index (κ3) is 2.85. The predicted molar refractivity (Wildman–Crippen MR) is 45.1 cm³/mol. The summed E-state index contributed by atoms with van der Waals surface area (Å²) in [4.78, 5) is 21.1. The highest BCUT2D eigenvalue weighted by Crippen LogP contribution is 1.90. The minimum atomic E-state index is -1.15. The summed E-state index contributed by atoms with van der Waals surface area (Å²) in [5, 5.41) is 18.0. The molecule has 0 aromatic carbocycles. The lowest BCUT2D eigenvalue weighted by atomic mass is 10.4. The van der Waals surface area contributed by atoms with E-state index in [1.807, 2.05) is 0 Å². The van der Waals surface area contributed by atoms with Gasteiger partial charge in [-0.2, -0.15) is 0 Å². The number of hydrogen-bond acceptors (Lipinski definition) is 4. The Kier molecular flexibility index (Phi) is 3.16. The lowest BCUT2D eigenvalue weighted by Gasteiger charge is -2.01. The van der Waals surface area contributed by atoms with E-state index in [0.29, 0.717) is 5.82 Å². The summed E-state index contributed by atoms with van der Waals surface area (Å²) in [6.07, 6.45) is 0.969. The van der Waals surface area contributed by atoms with E-state index >= 15 is 0 Å². The molecule has 0 fully saturated rings. The van der Waals surface area contributed by atoms with Crippen molar-refractivity contribution in [3.8, 4) is 0 Å². The number of carboxylic acid groups (broad SMARTS) is 1. The van der Waals surface area contributed by atoms with Crippen LogP contribution in [0.4, 0.5) is 0 Å². The number of nitrogens with one attached hydrogen (secondary N) is 1. The number of nitrogens with zero attached hydrogens (tertiary/aromatic N) is 3. The fourth-order valence-corrected chi connectivity index (χ4v) is 0.845. The van der Waals surface area contributed by atoms with Crippen molar-refractivity contribution >= 4 is 11.9 Å². The van der Waals surface area contributed by atoms with Gasteiger partial charge in [0.1, 0.15) is 12.7 Å². The van der Waals surface area contributed by atoms with E-state index in [9.17, 15) is 9.59 Å². The highest BCUT2D eigenvalue weighted by Gasteiger charge is 2.08. The van der Waals surface area contributed by atoms with Crippen LogP contribution in [0.15, 0.2) is 6.33 Å². The van der Waals surface area contributed by atoms with Crippen LogP contribution >= 0.6 is 0 Å². The van der Waals surface area contributed by atoms with Gasteiger partial charge in [0.2, 0.25) is 5.91 Å². The zero-order chi connectivity index (χ0) is 10.6. The second kappa shape index (κ2) is 4.35. The number of aromatic nitrogens is 3. The zero-order valence-electron chi connectivity index (χ0n) is 7.60. The van der Waals surface area contributed by atoms with E-state index < -0.39 is 18.3 Å². The molecule has 0 bridgehead atoms. The van der Waals surface area contributed by atoms with Gasteiger partial charge in [-0.05, 0) is 0 Å². The maximum Gasteiger partial charge on any atom is 0.312 e. The molecule has 76 valence electrons. The van der Waals surface area contributed by atoms with E-state index in [0.717, 1.165) is 0 Å². The standard InChI is InChI=1S/C7H10N4O3/c1-11-4-9-10-5(11)3-8-6(12)2-7(13)14/h4H,2-3H2,1H3,(H,8,12)(H,13,14). The number of aliphatic carboxylic acids is 1. The maximum atomic E-state index is 10.9. The molecule has 1 amide bonds. The molecule has 7 nitrogen and oxygen atoms in total. The van der Waals surface area contributed by atoms with Crippen molar-refractivity contribution in [1.29, 1.82) is 0 Å². The first-order valence-electron chi connectivity index (χ1n) is 3.91. The first kappa shape index (κ1) is 10.2. The summed E-state index contributed by atoms with van der Waals surface area (Å²) in [7, 11) is 1.73. The predicted octanol–water partition coefficient (Wildman–Crippen LogP) is -1.09. The lowest BCUT2D eigenvalue weighted by molar-refractivity contribution is -0.140. The van der Waals surface area contributed by atoms with Crippen molar-refractivity contribution in [3.63, 3.8) is 0 Å². The number of carbonyl (C=O) groups is 2. The van der Waals surface area contributed by atoms with Gasteiger partial charge < -0.3 is 15.0 Å². The van der Waals surface area contributed by atoms with Gasteiger partial charge >= 0.3 is 5.97 Å². The van der Waals surface area contributed by atoms with Crippen LogP contribution in [0, 0.1) is 0 Å². The van der Waals surface area contributed by atoms with E-state index in [-0.39, 0.29) is 6.54 Å². The fourth-order valence-electron chi connectivity index (χ4n) is 0.845. The molecule has 0 aliphatic rings. The molecule has 14 heavy (non-hydrogen) atoms. The van der Waals surface area contributed by atoms with E-state index in [4.69, 9.17) is 5.11 Å². The third-order valence-electron chi connectivity index (χ3n) is 1.56. The summed E-state index contributed by atoms with van der Waals surface area (Å²) in [5.41, 5.74) is 0. The minimum absolute atomic E-state index is 0.183. The summed E-state index contributed by atoms with van der Waals surface area (Å²) < 4.78 is 1.64. The molecule has 0 aliphatic heterocycles. The van der Waals surface area contributed by atoms with Crippen LogP contribution < -0.4 is 5.32 Å². The molecule has 0 spiro atoms. The molecule has 0 atom stereocenters. The quantitative estimate of drug-likeness (QED) is 0.599. The van der Waals surface area contributed by atoms with Crippen molar-refractivity contribution in [2.75, 3.05) is 0 Å². The summed E-state index contributed by atoms with van der Waals surface area (Å²) in [5.74, 6) is -1.12. The van der Waals surface area contributed by atoms with Crippen LogP contribution in [0.1, 0.15) is 12.2 Å². The van der Waals surface area contributed by atoms with E-state index in [1.54, 1.807) is 11.6 Å². The first-order valence-corrected chi connectivity index (χ1v) is 3.91. The van der Waals surface area contributed by atoms with Gasteiger partial charge in [-0.1, -0.05) is 0 Å². The highest BCUT2D eigenvalue weighted by molar-refractivity contribution is 5.93. The molecule has 1 rings (SSSR count). The van der Waals surface area contributed by atoms with Gasteiger partial charge in [-0.25, -0.2) is 0 Å². The van der Waals surface area contributed by atoms with Crippen LogP contribution in [0.25, 0.3) is 0 Å². The molecular weight excluding hydrogens is 188 g/mol. The second-order valence-electron chi connectivity index (χ2n) is 2.71. The monoisotopic (exact) mass is 198 g/mol. The number of carboxylic acids is 1. The number of carbonyl (C=O) groups excluding carboxylic acids is 1. The fraction of sp³-hybridized carbons (Fsp3) is 0.429. The van der Waals surface area contributed by atoms with Gasteiger partial charge in [-0.15, -0.1) is 10.2 Å². The number of aryl methyl sites for hydroxylation is 1. The topological polar surface area (TPSA) is 97.1 Å². The molecule has 0 unspecified atom stereocenters. The molecular formula is C7H10N4O3. The summed E-state index contributed by atoms with van der Waals surface area (Å²) in [6, 6.07) is 0.